The molecule has 1 amide bonds. The van der Waals surface area contributed by atoms with Gasteiger partial charge in [0.25, 0.3) is 0 Å². The topological polar surface area (TPSA) is 44.8 Å². The predicted molar refractivity (Wildman–Crippen MR) is 109 cm³/mol. The molecule has 0 bridgehead atoms. The standard InChI is InChI=1S/C22H34FN3O2/c1-17-14-18(5-6-21(17)23)15-25-11-7-20(8-12-25)26-10-3-4-19(16-26)22(27)24-9-13-28-2/h5-6,14,19-20H,3-4,7-13,15-16H2,1-2H3,(H,24,27)/t19-/m0/s1. The van der Waals surface area contributed by atoms with E-state index in [1.165, 1.54) is 5.56 Å². The van der Waals surface area contributed by atoms with Crippen molar-refractivity contribution in [1.82, 2.24) is 15.1 Å². The molecule has 2 heterocycles. The number of amides is 1. The molecular weight excluding hydrogens is 357 g/mol. The predicted octanol–water partition coefficient (Wildman–Crippen LogP) is 2.57. The van der Waals surface area contributed by atoms with E-state index in [1.54, 1.807) is 13.2 Å². The Hall–Kier alpha value is -1.50. The smallest absolute Gasteiger partial charge is 0.224 e. The molecule has 2 fully saturated rings. The molecule has 0 radical (unpaired) electrons. The van der Waals surface area contributed by atoms with Crippen molar-refractivity contribution in [3.63, 3.8) is 0 Å². The van der Waals surface area contributed by atoms with Gasteiger partial charge in [-0.2, -0.15) is 0 Å². The quantitative estimate of drug-likeness (QED) is 0.726. The summed E-state index contributed by atoms with van der Waals surface area (Å²) in [5.74, 6) is 0.144. The number of aryl methyl sites for hydroxylation is 1. The minimum atomic E-state index is -0.131. The minimum Gasteiger partial charge on any atom is -0.383 e. The highest BCUT2D eigenvalue weighted by Crippen LogP contribution is 2.25. The van der Waals surface area contributed by atoms with Crippen molar-refractivity contribution < 1.29 is 13.9 Å². The number of halogens is 1. The number of carbonyl (C=O) groups excluding carboxylic acids is 1. The van der Waals surface area contributed by atoms with Crippen LogP contribution in [0.1, 0.15) is 36.8 Å². The summed E-state index contributed by atoms with van der Waals surface area (Å²) in [6, 6.07) is 5.99. The van der Waals surface area contributed by atoms with E-state index in [-0.39, 0.29) is 17.6 Å². The number of benzene rings is 1. The van der Waals surface area contributed by atoms with Crippen LogP contribution in [0.5, 0.6) is 0 Å². The molecule has 0 aliphatic carbocycles. The number of methoxy groups -OCH3 is 1. The molecule has 1 aromatic rings. The normalized spacial score (nSPS) is 22.3. The van der Waals surface area contributed by atoms with Crippen molar-refractivity contribution in [2.24, 2.45) is 5.92 Å². The molecule has 0 spiro atoms. The summed E-state index contributed by atoms with van der Waals surface area (Å²) in [7, 11) is 1.65. The van der Waals surface area contributed by atoms with Crippen LogP contribution in [0.2, 0.25) is 0 Å². The molecular formula is C22H34FN3O2. The average Bonchev–Trinajstić information content (AvgIpc) is 2.71. The summed E-state index contributed by atoms with van der Waals surface area (Å²) in [6.07, 6.45) is 4.35. The van der Waals surface area contributed by atoms with E-state index in [4.69, 9.17) is 4.74 Å². The first-order valence-electron chi connectivity index (χ1n) is 10.5. The SMILES string of the molecule is COCCNC(=O)[C@H]1CCCN(C2CCN(Cc3ccc(F)c(C)c3)CC2)C1. The highest BCUT2D eigenvalue weighted by Gasteiger charge is 2.31. The Morgan fingerprint density at radius 3 is 2.75 bits per heavy atom. The van der Waals surface area contributed by atoms with Crippen LogP contribution < -0.4 is 5.32 Å². The highest BCUT2D eigenvalue weighted by molar-refractivity contribution is 5.78. The second-order valence-corrected chi connectivity index (χ2v) is 8.21. The highest BCUT2D eigenvalue weighted by atomic mass is 19.1. The van der Waals surface area contributed by atoms with Crippen molar-refractivity contribution in [3.8, 4) is 0 Å². The van der Waals surface area contributed by atoms with Crippen LogP contribution >= 0.6 is 0 Å². The molecule has 3 rings (SSSR count). The van der Waals surface area contributed by atoms with Gasteiger partial charge in [-0.3, -0.25) is 14.6 Å². The monoisotopic (exact) mass is 391 g/mol. The van der Waals surface area contributed by atoms with Crippen molar-refractivity contribution in [3.05, 3.63) is 35.1 Å². The molecule has 156 valence electrons. The van der Waals surface area contributed by atoms with Gasteiger partial charge in [0, 0.05) is 32.8 Å². The van der Waals surface area contributed by atoms with E-state index in [0.29, 0.717) is 19.2 Å². The Balaban J connectivity index is 1.45. The van der Waals surface area contributed by atoms with Crippen LogP contribution in [0, 0.1) is 18.7 Å². The molecule has 5 nitrogen and oxygen atoms in total. The van der Waals surface area contributed by atoms with E-state index in [0.717, 1.165) is 64.0 Å². The summed E-state index contributed by atoms with van der Waals surface area (Å²) in [4.78, 5) is 17.4. The van der Waals surface area contributed by atoms with Crippen LogP contribution in [-0.2, 0) is 16.1 Å². The van der Waals surface area contributed by atoms with Gasteiger partial charge >= 0.3 is 0 Å². The fourth-order valence-corrected chi connectivity index (χ4v) is 4.48. The second kappa shape index (κ2) is 10.3. The summed E-state index contributed by atoms with van der Waals surface area (Å²) in [6.45, 7) is 7.96. The Morgan fingerprint density at radius 1 is 1.25 bits per heavy atom. The van der Waals surface area contributed by atoms with Gasteiger partial charge in [-0.1, -0.05) is 12.1 Å². The Kier molecular flexibility index (Phi) is 7.82. The van der Waals surface area contributed by atoms with Crippen LogP contribution in [0.15, 0.2) is 18.2 Å². The van der Waals surface area contributed by atoms with Crippen molar-refractivity contribution in [1.29, 1.82) is 0 Å². The minimum absolute atomic E-state index is 0.103. The fraction of sp³-hybridized carbons (Fsp3) is 0.682. The molecule has 28 heavy (non-hydrogen) atoms. The van der Waals surface area contributed by atoms with Crippen molar-refractivity contribution in [2.75, 3.05) is 46.4 Å². The van der Waals surface area contributed by atoms with E-state index in [9.17, 15) is 9.18 Å². The molecule has 1 N–H and O–H groups in total. The first kappa shape index (κ1) is 21.2. The molecule has 0 aromatic heterocycles. The molecule has 1 aromatic carbocycles. The molecule has 6 heteroatoms. The first-order chi connectivity index (χ1) is 13.6. The van der Waals surface area contributed by atoms with Gasteiger partial charge in [0.1, 0.15) is 5.82 Å². The third-order valence-corrected chi connectivity index (χ3v) is 6.13. The third kappa shape index (κ3) is 5.75. The van der Waals surface area contributed by atoms with Crippen molar-refractivity contribution in [2.45, 2.75) is 45.2 Å². The van der Waals surface area contributed by atoms with Gasteiger partial charge in [-0.15, -0.1) is 0 Å². The molecule has 2 aliphatic heterocycles. The average molecular weight is 392 g/mol. The fourth-order valence-electron chi connectivity index (χ4n) is 4.48. The lowest BCUT2D eigenvalue weighted by molar-refractivity contribution is -0.127. The number of likely N-dealkylation sites (tertiary alicyclic amines) is 2. The summed E-state index contributed by atoms with van der Waals surface area (Å²) < 4.78 is 18.5. The Bertz CT molecular complexity index is 647. The van der Waals surface area contributed by atoms with E-state index < -0.39 is 0 Å². The van der Waals surface area contributed by atoms with Gasteiger partial charge in [0.05, 0.1) is 12.5 Å². The van der Waals surface area contributed by atoms with Crippen LogP contribution in [-0.4, -0.2) is 68.2 Å². The zero-order valence-electron chi connectivity index (χ0n) is 17.3. The van der Waals surface area contributed by atoms with E-state index in [2.05, 4.69) is 15.1 Å². The van der Waals surface area contributed by atoms with E-state index >= 15 is 0 Å². The first-order valence-corrected chi connectivity index (χ1v) is 10.5. The number of nitrogens with one attached hydrogen (secondary N) is 1. The largest absolute Gasteiger partial charge is 0.383 e. The number of hydrogen-bond acceptors (Lipinski definition) is 4. The van der Waals surface area contributed by atoms with Crippen molar-refractivity contribution >= 4 is 5.91 Å². The molecule has 1 atom stereocenters. The zero-order chi connectivity index (χ0) is 19.9. The van der Waals surface area contributed by atoms with E-state index in [1.807, 2.05) is 19.1 Å². The van der Waals surface area contributed by atoms with Crippen LogP contribution in [0.4, 0.5) is 4.39 Å². The van der Waals surface area contributed by atoms with Gasteiger partial charge in [0.2, 0.25) is 5.91 Å². The van der Waals surface area contributed by atoms with Crippen LogP contribution in [0.3, 0.4) is 0 Å². The number of hydrogen-bond donors (Lipinski definition) is 1. The number of nitrogens with zero attached hydrogens (tertiary/aromatic N) is 2. The maximum atomic E-state index is 13.5. The maximum Gasteiger partial charge on any atom is 0.224 e. The number of rotatable bonds is 7. The second-order valence-electron chi connectivity index (χ2n) is 8.21. The lowest BCUT2D eigenvalue weighted by atomic mass is 9.93. The summed E-state index contributed by atoms with van der Waals surface area (Å²) in [5, 5.41) is 2.99. The van der Waals surface area contributed by atoms with Gasteiger partial charge < -0.3 is 10.1 Å². The van der Waals surface area contributed by atoms with Gasteiger partial charge in [0.15, 0.2) is 0 Å². The zero-order valence-corrected chi connectivity index (χ0v) is 17.3. The lowest BCUT2D eigenvalue weighted by Gasteiger charge is -2.42. The number of piperidine rings is 2. The third-order valence-electron chi connectivity index (χ3n) is 6.13. The summed E-state index contributed by atoms with van der Waals surface area (Å²) >= 11 is 0. The number of ether oxygens (including phenoxy) is 1. The Labute approximate surface area is 168 Å². The molecule has 0 saturated carbocycles. The Morgan fingerprint density at radius 2 is 2.04 bits per heavy atom. The lowest BCUT2D eigenvalue weighted by Crippen LogP contribution is -2.50. The van der Waals surface area contributed by atoms with Gasteiger partial charge in [-0.25, -0.2) is 4.39 Å². The molecule has 0 unspecified atom stereocenters. The van der Waals surface area contributed by atoms with Gasteiger partial charge in [-0.05, 0) is 69.4 Å². The van der Waals surface area contributed by atoms with Crippen LogP contribution in [0.25, 0.3) is 0 Å². The molecule has 2 saturated heterocycles. The summed E-state index contributed by atoms with van der Waals surface area (Å²) in [5.41, 5.74) is 1.90. The molecule has 2 aliphatic rings. The maximum absolute atomic E-state index is 13.5. The number of carbonyl (C=O) groups is 1.